The standard InChI is InChI=1S/C23H34N4O7S/c1-13(2)19(24)22(32)25-15(9-10-35-3)20(30)26-16(11-14-7-5-4-6-8-14)21(31)27-17(23(33)34)12-18(28)29/h4-8,13,15-17,19H,9-12,24H2,1-3H3,(H,25,32)(H,26,30)(H,27,31)(H,28,29)(H,33,34). The molecule has 7 N–H and O–H groups in total. The van der Waals surface area contributed by atoms with Crippen molar-refractivity contribution in [3.8, 4) is 0 Å². The number of hydrogen-bond acceptors (Lipinski definition) is 7. The van der Waals surface area contributed by atoms with Gasteiger partial charge in [0, 0.05) is 6.42 Å². The van der Waals surface area contributed by atoms with Gasteiger partial charge in [0.2, 0.25) is 17.7 Å². The predicted molar refractivity (Wildman–Crippen MR) is 132 cm³/mol. The normalized spacial score (nSPS) is 14.3. The van der Waals surface area contributed by atoms with Crippen LogP contribution < -0.4 is 21.7 Å². The number of carboxylic acid groups (broad SMARTS) is 2. The van der Waals surface area contributed by atoms with Crippen LogP contribution in [-0.2, 0) is 30.4 Å². The highest BCUT2D eigenvalue weighted by Crippen LogP contribution is 2.08. The number of carbonyl (C=O) groups is 5. The minimum atomic E-state index is -1.67. The van der Waals surface area contributed by atoms with Crippen molar-refractivity contribution in [1.29, 1.82) is 0 Å². The molecule has 12 heteroatoms. The molecule has 0 radical (unpaired) electrons. The second-order valence-electron chi connectivity index (χ2n) is 8.36. The Bertz CT molecular complexity index is 882. The topological polar surface area (TPSA) is 188 Å². The van der Waals surface area contributed by atoms with E-state index in [-0.39, 0.29) is 18.8 Å². The maximum atomic E-state index is 13.1. The number of aliphatic carboxylic acids is 2. The number of nitrogens with two attached hydrogens (primary N) is 1. The largest absolute Gasteiger partial charge is 0.481 e. The molecule has 0 saturated heterocycles. The average Bonchev–Trinajstić information content (AvgIpc) is 2.80. The number of amides is 3. The summed E-state index contributed by atoms with van der Waals surface area (Å²) in [5.41, 5.74) is 6.58. The van der Waals surface area contributed by atoms with Gasteiger partial charge in [-0.25, -0.2) is 4.79 Å². The van der Waals surface area contributed by atoms with Gasteiger partial charge in [-0.1, -0.05) is 44.2 Å². The van der Waals surface area contributed by atoms with Crippen LogP contribution in [0.25, 0.3) is 0 Å². The molecule has 0 aliphatic rings. The molecule has 0 spiro atoms. The molecule has 11 nitrogen and oxygen atoms in total. The molecule has 0 saturated carbocycles. The number of hydrogen-bond donors (Lipinski definition) is 6. The van der Waals surface area contributed by atoms with Crippen LogP contribution in [0.5, 0.6) is 0 Å². The summed E-state index contributed by atoms with van der Waals surface area (Å²) in [5.74, 6) is -4.52. The molecule has 3 amide bonds. The van der Waals surface area contributed by atoms with Gasteiger partial charge in [-0.15, -0.1) is 0 Å². The third-order valence-corrected chi connectivity index (χ3v) is 5.82. The van der Waals surface area contributed by atoms with E-state index in [9.17, 15) is 29.1 Å². The fourth-order valence-electron chi connectivity index (χ4n) is 3.05. The zero-order valence-corrected chi connectivity index (χ0v) is 20.8. The Morgan fingerprint density at radius 2 is 1.43 bits per heavy atom. The molecular weight excluding hydrogens is 476 g/mol. The van der Waals surface area contributed by atoms with Crippen molar-refractivity contribution in [2.75, 3.05) is 12.0 Å². The van der Waals surface area contributed by atoms with Crippen LogP contribution in [0.4, 0.5) is 0 Å². The molecule has 0 heterocycles. The highest BCUT2D eigenvalue weighted by Gasteiger charge is 2.31. The van der Waals surface area contributed by atoms with Crippen LogP contribution in [0.3, 0.4) is 0 Å². The van der Waals surface area contributed by atoms with E-state index < -0.39 is 60.2 Å². The molecule has 1 aromatic carbocycles. The van der Waals surface area contributed by atoms with Crippen molar-refractivity contribution in [2.24, 2.45) is 11.7 Å². The molecule has 0 aliphatic heterocycles. The van der Waals surface area contributed by atoms with Gasteiger partial charge in [0.1, 0.15) is 18.1 Å². The first-order valence-electron chi connectivity index (χ1n) is 11.1. The molecule has 35 heavy (non-hydrogen) atoms. The van der Waals surface area contributed by atoms with Gasteiger partial charge in [0.25, 0.3) is 0 Å². The van der Waals surface area contributed by atoms with E-state index in [1.54, 1.807) is 44.2 Å². The van der Waals surface area contributed by atoms with Gasteiger partial charge in [0.15, 0.2) is 0 Å². The molecular formula is C23H34N4O7S. The summed E-state index contributed by atoms with van der Waals surface area (Å²) in [6.45, 7) is 3.55. The lowest BCUT2D eigenvalue weighted by Crippen LogP contribution is -2.58. The Morgan fingerprint density at radius 3 is 1.94 bits per heavy atom. The van der Waals surface area contributed by atoms with Crippen LogP contribution in [-0.4, -0.2) is 76.0 Å². The SMILES string of the molecule is CSCCC(NC(=O)C(N)C(C)C)C(=O)NC(Cc1ccccc1)C(=O)NC(CC(=O)O)C(=O)O. The first kappa shape index (κ1) is 29.9. The number of carbonyl (C=O) groups excluding carboxylic acids is 3. The Balaban J connectivity index is 3.11. The number of carboxylic acids is 2. The summed E-state index contributed by atoms with van der Waals surface area (Å²) in [5, 5.41) is 25.6. The summed E-state index contributed by atoms with van der Waals surface area (Å²) < 4.78 is 0. The summed E-state index contributed by atoms with van der Waals surface area (Å²) in [4.78, 5) is 60.9. The lowest BCUT2D eigenvalue weighted by molar-refractivity contribution is -0.147. The van der Waals surface area contributed by atoms with Gasteiger partial charge in [-0.3, -0.25) is 19.2 Å². The van der Waals surface area contributed by atoms with E-state index in [0.29, 0.717) is 11.3 Å². The minimum absolute atomic E-state index is 0.0204. The van der Waals surface area contributed by atoms with Crippen molar-refractivity contribution < 1.29 is 34.2 Å². The molecule has 194 valence electrons. The minimum Gasteiger partial charge on any atom is -0.481 e. The number of nitrogens with one attached hydrogen (secondary N) is 3. The Labute approximate surface area is 208 Å². The predicted octanol–water partition coefficient (Wildman–Crippen LogP) is -0.0208. The number of benzene rings is 1. The monoisotopic (exact) mass is 510 g/mol. The number of thioether (sulfide) groups is 1. The lowest BCUT2D eigenvalue weighted by atomic mass is 10.0. The first-order valence-corrected chi connectivity index (χ1v) is 12.5. The quantitative estimate of drug-likeness (QED) is 0.188. The van der Waals surface area contributed by atoms with E-state index in [4.69, 9.17) is 10.8 Å². The summed E-state index contributed by atoms with van der Waals surface area (Å²) in [6, 6.07) is 4.03. The van der Waals surface area contributed by atoms with Gasteiger partial charge >= 0.3 is 11.9 Å². The van der Waals surface area contributed by atoms with Crippen LogP contribution in [0.15, 0.2) is 30.3 Å². The molecule has 0 aromatic heterocycles. The van der Waals surface area contributed by atoms with Crippen LogP contribution in [0.2, 0.25) is 0 Å². The van der Waals surface area contributed by atoms with Crippen LogP contribution in [0, 0.1) is 5.92 Å². The lowest BCUT2D eigenvalue weighted by Gasteiger charge is -2.25. The first-order chi connectivity index (χ1) is 16.5. The average molecular weight is 511 g/mol. The Morgan fingerprint density at radius 1 is 0.886 bits per heavy atom. The van der Waals surface area contributed by atoms with Crippen molar-refractivity contribution >= 4 is 41.4 Å². The highest BCUT2D eigenvalue weighted by atomic mass is 32.2. The van der Waals surface area contributed by atoms with E-state index in [0.717, 1.165) is 0 Å². The van der Waals surface area contributed by atoms with E-state index in [2.05, 4.69) is 16.0 Å². The second-order valence-corrected chi connectivity index (χ2v) is 9.35. The Hall–Kier alpha value is -3.12. The molecule has 0 aliphatic carbocycles. The fraction of sp³-hybridized carbons (Fsp3) is 0.522. The molecule has 1 aromatic rings. The Kier molecular flexibility index (Phi) is 12.8. The van der Waals surface area contributed by atoms with Gasteiger partial charge in [-0.05, 0) is 29.9 Å². The third-order valence-electron chi connectivity index (χ3n) is 5.17. The zero-order valence-electron chi connectivity index (χ0n) is 20.0. The fourth-order valence-corrected chi connectivity index (χ4v) is 3.53. The summed E-state index contributed by atoms with van der Waals surface area (Å²) in [6.07, 6.45) is 1.32. The van der Waals surface area contributed by atoms with Crippen molar-refractivity contribution in [2.45, 2.75) is 57.3 Å². The maximum Gasteiger partial charge on any atom is 0.326 e. The van der Waals surface area contributed by atoms with Crippen molar-refractivity contribution in [3.05, 3.63) is 35.9 Å². The van der Waals surface area contributed by atoms with E-state index in [1.165, 1.54) is 11.8 Å². The summed E-state index contributed by atoms with van der Waals surface area (Å²) >= 11 is 1.47. The smallest absolute Gasteiger partial charge is 0.326 e. The third kappa shape index (κ3) is 10.8. The number of rotatable bonds is 15. The van der Waals surface area contributed by atoms with Crippen LogP contribution >= 0.6 is 11.8 Å². The van der Waals surface area contributed by atoms with E-state index >= 15 is 0 Å². The van der Waals surface area contributed by atoms with E-state index in [1.807, 2.05) is 6.26 Å². The van der Waals surface area contributed by atoms with Crippen molar-refractivity contribution in [3.63, 3.8) is 0 Å². The van der Waals surface area contributed by atoms with Gasteiger partial charge < -0.3 is 31.9 Å². The van der Waals surface area contributed by atoms with Gasteiger partial charge in [-0.2, -0.15) is 11.8 Å². The molecule has 4 atom stereocenters. The molecule has 1 rings (SSSR count). The van der Waals surface area contributed by atoms with Crippen molar-refractivity contribution in [1.82, 2.24) is 16.0 Å². The summed E-state index contributed by atoms with van der Waals surface area (Å²) in [7, 11) is 0. The van der Waals surface area contributed by atoms with Crippen LogP contribution in [0.1, 0.15) is 32.3 Å². The van der Waals surface area contributed by atoms with Gasteiger partial charge in [0.05, 0.1) is 12.5 Å². The maximum absolute atomic E-state index is 13.1. The molecule has 0 bridgehead atoms. The highest BCUT2D eigenvalue weighted by molar-refractivity contribution is 7.98. The second kappa shape index (κ2) is 15.0. The molecule has 4 unspecified atom stereocenters. The zero-order chi connectivity index (χ0) is 26.5. The molecule has 0 fully saturated rings.